The van der Waals surface area contributed by atoms with Crippen LogP contribution in [0.5, 0.6) is 0 Å². The maximum atomic E-state index is 9.67. The molecule has 4 nitrogen and oxygen atoms in total. The van der Waals surface area contributed by atoms with Gasteiger partial charge < -0.3 is 20.1 Å². The molecule has 1 aliphatic carbocycles. The van der Waals surface area contributed by atoms with Crippen LogP contribution in [-0.2, 0) is 4.74 Å². The first-order valence-corrected chi connectivity index (χ1v) is 4.55. The smallest absolute Gasteiger partial charge is 0.122 e. The van der Waals surface area contributed by atoms with E-state index in [-0.39, 0.29) is 0 Å². The Labute approximate surface area is 77.9 Å². The Morgan fingerprint density at radius 2 is 2.00 bits per heavy atom. The molecule has 5 atom stereocenters. The highest BCUT2D eigenvalue weighted by Gasteiger charge is 2.57. The molecule has 0 aromatic heterocycles. The van der Waals surface area contributed by atoms with Gasteiger partial charge >= 0.3 is 0 Å². The van der Waals surface area contributed by atoms with Gasteiger partial charge in [-0.1, -0.05) is 0 Å². The Hall–Kier alpha value is -0.0951. The molecule has 2 rings (SSSR count). The molecule has 0 bridgehead atoms. The van der Waals surface area contributed by atoms with Gasteiger partial charge in [0.05, 0.1) is 6.10 Å². The first-order chi connectivity index (χ1) is 6.08. The summed E-state index contributed by atoms with van der Waals surface area (Å²) in [6.07, 6.45) is -0.938. The van der Waals surface area contributed by atoms with Crippen LogP contribution in [0.2, 0.25) is 0 Å². The summed E-state index contributed by atoms with van der Waals surface area (Å²) < 4.78 is 5.27. The van der Waals surface area contributed by atoms with E-state index in [1.165, 1.54) is 0 Å². The Kier molecular flexibility index (Phi) is 2.15. The van der Waals surface area contributed by atoms with Crippen LogP contribution in [0, 0.1) is 0 Å². The Bertz CT molecular complexity index is 212. The lowest BCUT2D eigenvalue weighted by molar-refractivity contribution is -0.124. The number of hydrogen-bond donors (Lipinski definition) is 3. The molecule has 2 aliphatic rings. The van der Waals surface area contributed by atoms with E-state index in [1.807, 2.05) is 0 Å². The SMILES string of the molecule is [B][C@@H]1O[C@@]2(CCCC2O)[C@H](O)C1O. The van der Waals surface area contributed by atoms with Gasteiger partial charge in [0, 0.05) is 6.00 Å². The zero-order chi connectivity index (χ0) is 9.64. The molecule has 0 amide bonds. The van der Waals surface area contributed by atoms with Crippen molar-refractivity contribution in [2.75, 3.05) is 0 Å². The van der Waals surface area contributed by atoms with Gasteiger partial charge in [0.2, 0.25) is 0 Å². The Balaban J connectivity index is 2.24. The van der Waals surface area contributed by atoms with Crippen LogP contribution in [0.4, 0.5) is 0 Å². The lowest BCUT2D eigenvalue weighted by Crippen LogP contribution is -2.48. The zero-order valence-corrected chi connectivity index (χ0v) is 7.26. The molecule has 2 radical (unpaired) electrons. The van der Waals surface area contributed by atoms with Crippen molar-refractivity contribution in [3.05, 3.63) is 0 Å². The summed E-state index contributed by atoms with van der Waals surface area (Å²) in [5, 5.41) is 28.7. The highest BCUT2D eigenvalue weighted by Crippen LogP contribution is 2.43. The van der Waals surface area contributed by atoms with E-state index in [0.29, 0.717) is 12.8 Å². The molecule has 1 spiro atoms. The first-order valence-electron chi connectivity index (χ1n) is 4.55. The molecule has 1 aliphatic heterocycles. The summed E-state index contributed by atoms with van der Waals surface area (Å²) in [5.74, 6) is 0. The monoisotopic (exact) mass is 184 g/mol. The second-order valence-electron chi connectivity index (χ2n) is 3.88. The van der Waals surface area contributed by atoms with Crippen molar-refractivity contribution in [1.82, 2.24) is 0 Å². The van der Waals surface area contributed by atoms with Gasteiger partial charge in [0.25, 0.3) is 0 Å². The highest BCUT2D eigenvalue weighted by atomic mass is 16.6. The summed E-state index contributed by atoms with van der Waals surface area (Å²) in [6.45, 7) is 0. The number of ether oxygens (including phenoxy) is 1. The quantitative estimate of drug-likeness (QED) is 0.401. The normalized spacial score (nSPS) is 56.2. The van der Waals surface area contributed by atoms with Gasteiger partial charge in [-0.15, -0.1) is 0 Å². The van der Waals surface area contributed by atoms with Gasteiger partial charge in [-0.2, -0.15) is 0 Å². The minimum absolute atomic E-state index is 0.556. The third-order valence-corrected chi connectivity index (χ3v) is 3.13. The minimum Gasteiger partial charge on any atom is -0.390 e. The third-order valence-electron chi connectivity index (χ3n) is 3.13. The van der Waals surface area contributed by atoms with Crippen molar-refractivity contribution in [2.45, 2.75) is 49.2 Å². The maximum Gasteiger partial charge on any atom is 0.122 e. The summed E-state index contributed by atoms with van der Waals surface area (Å²) in [7, 11) is 5.44. The molecular weight excluding hydrogens is 171 g/mol. The number of rotatable bonds is 0. The molecule has 0 aromatic rings. The molecule has 1 saturated heterocycles. The molecule has 72 valence electrons. The van der Waals surface area contributed by atoms with Gasteiger partial charge in [-0.3, -0.25) is 0 Å². The second-order valence-corrected chi connectivity index (χ2v) is 3.88. The van der Waals surface area contributed by atoms with Gasteiger partial charge in [-0.05, 0) is 19.3 Å². The van der Waals surface area contributed by atoms with Gasteiger partial charge in [-0.25, -0.2) is 0 Å². The van der Waals surface area contributed by atoms with Crippen molar-refractivity contribution in [2.24, 2.45) is 0 Å². The average molecular weight is 184 g/mol. The molecule has 13 heavy (non-hydrogen) atoms. The molecule has 2 unspecified atom stereocenters. The van der Waals surface area contributed by atoms with Crippen LogP contribution in [-0.4, -0.2) is 53.1 Å². The van der Waals surface area contributed by atoms with Crippen LogP contribution >= 0.6 is 0 Å². The van der Waals surface area contributed by atoms with Crippen molar-refractivity contribution in [3.8, 4) is 0 Å². The van der Waals surface area contributed by atoms with E-state index in [0.717, 1.165) is 6.42 Å². The zero-order valence-electron chi connectivity index (χ0n) is 7.26. The van der Waals surface area contributed by atoms with Crippen LogP contribution in [0.25, 0.3) is 0 Å². The summed E-state index contributed by atoms with van der Waals surface area (Å²) in [6, 6.07) is -0.886. The fraction of sp³-hybridized carbons (Fsp3) is 1.00. The average Bonchev–Trinajstić information content (AvgIpc) is 2.54. The summed E-state index contributed by atoms with van der Waals surface area (Å²) in [4.78, 5) is 0. The van der Waals surface area contributed by atoms with E-state index in [9.17, 15) is 15.3 Å². The lowest BCUT2D eigenvalue weighted by atomic mass is 9.87. The summed E-state index contributed by atoms with van der Waals surface area (Å²) >= 11 is 0. The van der Waals surface area contributed by atoms with Crippen LogP contribution < -0.4 is 0 Å². The molecule has 2 fully saturated rings. The standard InChI is InChI=1S/C8H13BO4/c9-7-5(11)6(12)8(13-7)3-1-2-4(8)10/h4-7,10-12H,1-3H2/t4?,5?,6-,7-,8-/m1/s1. The molecule has 3 N–H and O–H groups in total. The predicted octanol–water partition coefficient (Wildman–Crippen LogP) is -1.48. The van der Waals surface area contributed by atoms with Crippen molar-refractivity contribution in [1.29, 1.82) is 0 Å². The van der Waals surface area contributed by atoms with Crippen LogP contribution in [0.1, 0.15) is 19.3 Å². The molecule has 5 heteroatoms. The van der Waals surface area contributed by atoms with E-state index < -0.39 is 29.9 Å². The fourth-order valence-corrected chi connectivity index (χ4v) is 2.33. The fourth-order valence-electron chi connectivity index (χ4n) is 2.33. The van der Waals surface area contributed by atoms with E-state index >= 15 is 0 Å². The van der Waals surface area contributed by atoms with Gasteiger partial charge in [0.1, 0.15) is 25.7 Å². The van der Waals surface area contributed by atoms with Crippen molar-refractivity contribution >= 4 is 7.85 Å². The van der Waals surface area contributed by atoms with Crippen LogP contribution in [0.3, 0.4) is 0 Å². The molecule has 0 aromatic carbocycles. The Morgan fingerprint density at radius 1 is 1.31 bits per heavy atom. The predicted molar refractivity (Wildman–Crippen MR) is 45.2 cm³/mol. The van der Waals surface area contributed by atoms with E-state index in [1.54, 1.807) is 0 Å². The van der Waals surface area contributed by atoms with Gasteiger partial charge in [0.15, 0.2) is 0 Å². The van der Waals surface area contributed by atoms with Crippen molar-refractivity contribution < 1.29 is 20.1 Å². The molecular formula is C8H13BO4. The van der Waals surface area contributed by atoms with Crippen molar-refractivity contribution in [3.63, 3.8) is 0 Å². The Morgan fingerprint density at radius 3 is 2.38 bits per heavy atom. The lowest BCUT2D eigenvalue weighted by Gasteiger charge is -2.30. The number of aliphatic hydroxyl groups excluding tert-OH is 3. The van der Waals surface area contributed by atoms with E-state index in [2.05, 4.69) is 0 Å². The van der Waals surface area contributed by atoms with E-state index in [4.69, 9.17) is 12.6 Å². The third kappa shape index (κ3) is 1.15. The van der Waals surface area contributed by atoms with Crippen LogP contribution in [0.15, 0.2) is 0 Å². The number of aliphatic hydroxyl groups is 3. The molecule has 1 heterocycles. The largest absolute Gasteiger partial charge is 0.390 e. The summed E-state index contributed by atoms with van der Waals surface area (Å²) in [5.41, 5.74) is -1.02. The topological polar surface area (TPSA) is 69.9 Å². The minimum atomic E-state index is -1.09. The maximum absolute atomic E-state index is 9.67. The molecule has 1 saturated carbocycles. The number of hydrogen-bond acceptors (Lipinski definition) is 4. The first kappa shape index (κ1) is 9.46. The highest BCUT2D eigenvalue weighted by molar-refractivity contribution is 6.11. The second kappa shape index (κ2) is 2.95.